The Morgan fingerprint density at radius 1 is 1.17 bits per heavy atom. The molecule has 0 saturated carbocycles. The Morgan fingerprint density at radius 3 is 2.62 bits per heavy atom. The number of carbonyl (C=O) groups excluding carboxylic acids is 1. The third-order valence-corrected chi connectivity index (χ3v) is 4.12. The van der Waals surface area contributed by atoms with Crippen LogP contribution in [0.1, 0.15) is 12.5 Å². The first kappa shape index (κ1) is 16.2. The minimum atomic E-state index is 0.116. The molecule has 0 atom stereocenters. The molecule has 1 aromatic heterocycles. The summed E-state index contributed by atoms with van der Waals surface area (Å²) in [4.78, 5) is 19.8. The summed E-state index contributed by atoms with van der Waals surface area (Å²) >= 11 is 0. The molecule has 1 saturated heterocycles. The van der Waals surface area contributed by atoms with Gasteiger partial charge >= 0.3 is 0 Å². The van der Waals surface area contributed by atoms with Crippen LogP contribution in [0.4, 0.5) is 11.8 Å². The normalized spacial score (nSPS) is 14.5. The average molecular weight is 326 g/mol. The summed E-state index contributed by atoms with van der Waals surface area (Å²) in [6.07, 6.45) is 2.57. The van der Waals surface area contributed by atoms with Gasteiger partial charge in [0.2, 0.25) is 11.9 Å². The van der Waals surface area contributed by atoms with Crippen molar-refractivity contribution in [3.63, 3.8) is 0 Å². The molecule has 3 rings (SSSR count). The van der Waals surface area contributed by atoms with Crippen molar-refractivity contribution in [1.82, 2.24) is 20.1 Å². The van der Waals surface area contributed by atoms with E-state index in [2.05, 4.69) is 37.5 Å². The molecule has 126 valence electrons. The summed E-state index contributed by atoms with van der Waals surface area (Å²) in [5.41, 5.74) is 1.28. The van der Waals surface area contributed by atoms with E-state index in [1.165, 1.54) is 5.56 Å². The number of amides is 1. The zero-order chi connectivity index (χ0) is 16.8. The molecule has 1 aliphatic rings. The zero-order valence-corrected chi connectivity index (χ0v) is 13.9. The van der Waals surface area contributed by atoms with Gasteiger partial charge in [-0.1, -0.05) is 30.3 Å². The molecule has 0 bridgehead atoms. The molecule has 0 radical (unpaired) electrons. The quantitative estimate of drug-likeness (QED) is 0.890. The molecule has 1 amide bonds. The van der Waals surface area contributed by atoms with Crippen molar-refractivity contribution in [2.75, 3.05) is 42.9 Å². The highest BCUT2D eigenvalue weighted by molar-refractivity contribution is 5.73. The molecule has 1 aromatic carbocycles. The van der Waals surface area contributed by atoms with Gasteiger partial charge in [0.25, 0.3) is 0 Å². The molecule has 2 heterocycles. The van der Waals surface area contributed by atoms with Crippen molar-refractivity contribution in [1.29, 1.82) is 0 Å². The molecular formula is C17H22N6O. The van der Waals surface area contributed by atoms with Gasteiger partial charge in [-0.3, -0.25) is 4.79 Å². The fourth-order valence-electron chi connectivity index (χ4n) is 2.71. The van der Waals surface area contributed by atoms with Gasteiger partial charge < -0.3 is 15.1 Å². The van der Waals surface area contributed by atoms with Crippen LogP contribution in [0.15, 0.2) is 36.5 Å². The largest absolute Gasteiger partial charge is 0.368 e. The summed E-state index contributed by atoms with van der Waals surface area (Å²) in [5.74, 6) is 1.46. The number of rotatable bonds is 5. The molecule has 7 nitrogen and oxygen atoms in total. The molecule has 0 aliphatic carbocycles. The van der Waals surface area contributed by atoms with Crippen LogP contribution in [0, 0.1) is 0 Å². The zero-order valence-electron chi connectivity index (χ0n) is 13.9. The van der Waals surface area contributed by atoms with E-state index in [9.17, 15) is 4.79 Å². The fourth-order valence-corrected chi connectivity index (χ4v) is 2.71. The van der Waals surface area contributed by atoms with Gasteiger partial charge in [0, 0.05) is 39.6 Å². The van der Waals surface area contributed by atoms with Crippen LogP contribution >= 0.6 is 0 Å². The molecule has 24 heavy (non-hydrogen) atoms. The third kappa shape index (κ3) is 4.18. The van der Waals surface area contributed by atoms with Crippen molar-refractivity contribution < 1.29 is 4.79 Å². The van der Waals surface area contributed by atoms with Crippen LogP contribution in [-0.2, 0) is 11.2 Å². The Morgan fingerprint density at radius 2 is 1.92 bits per heavy atom. The number of hydrogen-bond acceptors (Lipinski definition) is 6. The summed E-state index contributed by atoms with van der Waals surface area (Å²) < 4.78 is 0. The Kier molecular flexibility index (Phi) is 5.20. The van der Waals surface area contributed by atoms with Gasteiger partial charge in [0.05, 0.1) is 6.20 Å². The molecule has 1 N–H and O–H groups in total. The van der Waals surface area contributed by atoms with E-state index < -0.39 is 0 Å². The predicted octanol–water partition coefficient (Wildman–Crippen LogP) is 1.19. The molecule has 0 spiro atoms. The monoisotopic (exact) mass is 326 g/mol. The van der Waals surface area contributed by atoms with Crippen molar-refractivity contribution in [2.45, 2.75) is 13.3 Å². The lowest BCUT2D eigenvalue weighted by molar-refractivity contribution is -0.129. The minimum absolute atomic E-state index is 0.116. The number of benzene rings is 1. The van der Waals surface area contributed by atoms with Gasteiger partial charge in [-0.05, 0) is 12.0 Å². The third-order valence-electron chi connectivity index (χ3n) is 4.12. The highest BCUT2D eigenvalue weighted by Gasteiger charge is 2.20. The number of anilines is 2. The van der Waals surface area contributed by atoms with E-state index in [1.54, 1.807) is 13.1 Å². The van der Waals surface area contributed by atoms with E-state index in [1.807, 2.05) is 23.1 Å². The highest BCUT2D eigenvalue weighted by Crippen LogP contribution is 2.12. The SMILES string of the molecule is CC(=O)N1CCN(c2nncc(NCCc3ccccc3)n2)CC1. The van der Waals surface area contributed by atoms with E-state index in [4.69, 9.17) is 0 Å². The minimum Gasteiger partial charge on any atom is -0.368 e. The van der Waals surface area contributed by atoms with Crippen LogP contribution in [0.2, 0.25) is 0 Å². The Hall–Kier alpha value is -2.70. The van der Waals surface area contributed by atoms with Crippen LogP contribution in [0.3, 0.4) is 0 Å². The lowest BCUT2D eigenvalue weighted by atomic mass is 10.1. The highest BCUT2D eigenvalue weighted by atomic mass is 16.2. The van der Waals surface area contributed by atoms with E-state index >= 15 is 0 Å². The maximum absolute atomic E-state index is 11.4. The van der Waals surface area contributed by atoms with E-state index in [0.29, 0.717) is 19.0 Å². The van der Waals surface area contributed by atoms with Gasteiger partial charge in [0.15, 0.2) is 5.82 Å². The first-order valence-corrected chi connectivity index (χ1v) is 8.20. The van der Waals surface area contributed by atoms with E-state index in [-0.39, 0.29) is 5.91 Å². The Balaban J connectivity index is 1.53. The van der Waals surface area contributed by atoms with Gasteiger partial charge in [-0.25, -0.2) is 0 Å². The lowest BCUT2D eigenvalue weighted by Gasteiger charge is -2.33. The number of nitrogens with zero attached hydrogens (tertiary/aromatic N) is 5. The summed E-state index contributed by atoms with van der Waals surface area (Å²) in [6, 6.07) is 10.3. The lowest BCUT2D eigenvalue weighted by Crippen LogP contribution is -2.48. The number of aromatic nitrogens is 3. The predicted molar refractivity (Wildman–Crippen MR) is 92.9 cm³/mol. The summed E-state index contributed by atoms with van der Waals surface area (Å²) in [5, 5.41) is 11.5. The first-order valence-electron chi connectivity index (χ1n) is 8.20. The molecular weight excluding hydrogens is 304 g/mol. The topological polar surface area (TPSA) is 74.2 Å². The average Bonchev–Trinajstić information content (AvgIpc) is 2.63. The van der Waals surface area contributed by atoms with Crippen molar-refractivity contribution >= 4 is 17.7 Å². The van der Waals surface area contributed by atoms with Gasteiger partial charge in [-0.15, -0.1) is 5.10 Å². The molecule has 2 aromatic rings. The van der Waals surface area contributed by atoms with Gasteiger partial charge in [0.1, 0.15) is 0 Å². The number of hydrogen-bond donors (Lipinski definition) is 1. The second-order valence-corrected chi connectivity index (χ2v) is 5.80. The van der Waals surface area contributed by atoms with Crippen LogP contribution < -0.4 is 10.2 Å². The second-order valence-electron chi connectivity index (χ2n) is 5.80. The standard InChI is InChI=1S/C17H22N6O/c1-14(24)22-9-11-23(12-10-22)17-20-16(13-19-21-17)18-8-7-15-5-3-2-4-6-15/h2-6,13H,7-12H2,1H3,(H,18,20,21). The molecule has 0 unspecified atom stereocenters. The van der Waals surface area contributed by atoms with Crippen molar-refractivity contribution in [2.24, 2.45) is 0 Å². The summed E-state index contributed by atoms with van der Waals surface area (Å²) in [7, 11) is 0. The smallest absolute Gasteiger partial charge is 0.247 e. The fraction of sp³-hybridized carbons (Fsp3) is 0.412. The number of piperazine rings is 1. The molecule has 1 aliphatic heterocycles. The van der Waals surface area contributed by atoms with Crippen LogP contribution in [0.25, 0.3) is 0 Å². The number of carbonyl (C=O) groups is 1. The Labute approximate surface area is 141 Å². The van der Waals surface area contributed by atoms with Crippen molar-refractivity contribution in [3.05, 3.63) is 42.1 Å². The van der Waals surface area contributed by atoms with Crippen LogP contribution in [0.5, 0.6) is 0 Å². The summed E-state index contributed by atoms with van der Waals surface area (Å²) in [6.45, 7) is 5.25. The van der Waals surface area contributed by atoms with Crippen LogP contribution in [-0.4, -0.2) is 58.7 Å². The maximum Gasteiger partial charge on any atom is 0.247 e. The molecule has 1 fully saturated rings. The maximum atomic E-state index is 11.4. The Bertz CT molecular complexity index is 670. The molecule has 7 heteroatoms. The number of nitrogens with one attached hydrogen (secondary N) is 1. The second kappa shape index (κ2) is 7.72. The van der Waals surface area contributed by atoms with Crippen molar-refractivity contribution in [3.8, 4) is 0 Å². The first-order chi connectivity index (χ1) is 11.7. The van der Waals surface area contributed by atoms with E-state index in [0.717, 1.165) is 31.9 Å². The van der Waals surface area contributed by atoms with Gasteiger partial charge in [-0.2, -0.15) is 10.1 Å².